The Balaban J connectivity index is 2.08. The van der Waals surface area contributed by atoms with E-state index in [1.165, 1.54) is 24.3 Å². The van der Waals surface area contributed by atoms with Crippen LogP contribution in [-0.4, -0.2) is 17.5 Å². The molecule has 7 heteroatoms. The van der Waals surface area contributed by atoms with Crippen molar-refractivity contribution in [2.75, 3.05) is 6.61 Å². The number of nitro benzene ring substituents is 1. The van der Waals surface area contributed by atoms with Crippen LogP contribution in [0.15, 0.2) is 46.9 Å². The van der Waals surface area contributed by atoms with Crippen LogP contribution < -0.4 is 4.74 Å². The molecule has 120 valence electrons. The summed E-state index contributed by atoms with van der Waals surface area (Å²) in [7, 11) is 0. The number of hydrogen-bond acceptors (Lipinski definition) is 5. The van der Waals surface area contributed by atoms with Crippen LogP contribution in [0.1, 0.15) is 12.5 Å². The second-order valence-electron chi connectivity index (χ2n) is 4.59. The topological polar surface area (TPSA) is 78.7 Å². The summed E-state index contributed by atoms with van der Waals surface area (Å²) < 4.78 is 11.3. The van der Waals surface area contributed by atoms with Gasteiger partial charge < -0.3 is 9.47 Å². The molecule has 0 aliphatic carbocycles. The van der Waals surface area contributed by atoms with Gasteiger partial charge in [0, 0.05) is 16.6 Å². The molecule has 0 amide bonds. The van der Waals surface area contributed by atoms with Crippen molar-refractivity contribution in [3.63, 3.8) is 0 Å². The molecule has 0 aromatic heterocycles. The van der Waals surface area contributed by atoms with E-state index in [2.05, 4.69) is 15.9 Å². The van der Waals surface area contributed by atoms with E-state index in [9.17, 15) is 14.9 Å². The van der Waals surface area contributed by atoms with Gasteiger partial charge in [-0.2, -0.15) is 0 Å². The molecule has 0 spiro atoms. The fourth-order valence-corrected chi connectivity index (χ4v) is 2.37. The lowest BCUT2D eigenvalue weighted by Crippen LogP contribution is -2.07. The molecule has 0 N–H and O–H groups in total. The third kappa shape index (κ3) is 4.79. The summed E-state index contributed by atoms with van der Waals surface area (Å²) in [4.78, 5) is 21.6. The number of carbonyl (C=O) groups excluding carboxylic acids is 1. The van der Waals surface area contributed by atoms with Crippen LogP contribution in [-0.2, 0) is 16.0 Å². The maximum atomic E-state index is 11.5. The second kappa shape index (κ2) is 7.73. The Labute approximate surface area is 141 Å². The number of non-ortho nitro benzene ring substituents is 1. The smallest absolute Gasteiger partial charge is 0.310 e. The van der Waals surface area contributed by atoms with Crippen LogP contribution in [0.4, 0.5) is 5.69 Å². The van der Waals surface area contributed by atoms with Gasteiger partial charge in [-0.1, -0.05) is 22.0 Å². The lowest BCUT2D eigenvalue weighted by atomic mass is 10.1. The Kier molecular flexibility index (Phi) is 5.70. The zero-order valence-corrected chi connectivity index (χ0v) is 13.9. The van der Waals surface area contributed by atoms with Crippen molar-refractivity contribution in [1.82, 2.24) is 0 Å². The second-order valence-corrected chi connectivity index (χ2v) is 5.44. The maximum Gasteiger partial charge on any atom is 0.310 e. The highest BCUT2D eigenvalue weighted by atomic mass is 79.9. The zero-order valence-electron chi connectivity index (χ0n) is 12.3. The molecule has 0 aliphatic rings. The van der Waals surface area contributed by atoms with E-state index in [0.717, 1.165) is 10.0 Å². The monoisotopic (exact) mass is 379 g/mol. The molecule has 2 aromatic carbocycles. The number of nitrogens with zero attached hydrogens (tertiary/aromatic N) is 1. The first-order valence-corrected chi connectivity index (χ1v) is 7.65. The number of halogens is 1. The van der Waals surface area contributed by atoms with Gasteiger partial charge in [0.1, 0.15) is 11.5 Å². The number of benzene rings is 2. The number of esters is 1. The Morgan fingerprint density at radius 1 is 1.17 bits per heavy atom. The maximum absolute atomic E-state index is 11.5. The summed E-state index contributed by atoms with van der Waals surface area (Å²) in [6, 6.07) is 11.0. The van der Waals surface area contributed by atoms with Gasteiger partial charge in [-0.25, -0.2) is 0 Å². The van der Waals surface area contributed by atoms with E-state index in [4.69, 9.17) is 9.47 Å². The molecule has 0 radical (unpaired) electrons. The van der Waals surface area contributed by atoms with Crippen LogP contribution in [0.2, 0.25) is 0 Å². The standard InChI is InChI=1S/C16H14BrNO5/c1-2-22-16(19)9-11-3-6-14(10-15(11)17)23-13-7-4-12(5-8-13)18(20)21/h3-8,10H,2,9H2,1H3. The van der Waals surface area contributed by atoms with Gasteiger partial charge in [0.25, 0.3) is 5.69 Å². The number of carbonyl (C=O) groups is 1. The van der Waals surface area contributed by atoms with Gasteiger partial charge in [0.2, 0.25) is 0 Å². The van der Waals surface area contributed by atoms with Crippen molar-refractivity contribution in [3.8, 4) is 11.5 Å². The number of ether oxygens (including phenoxy) is 2. The summed E-state index contributed by atoms with van der Waals surface area (Å²) in [5.74, 6) is 0.746. The van der Waals surface area contributed by atoms with E-state index in [1.807, 2.05) is 0 Å². The SMILES string of the molecule is CCOC(=O)Cc1ccc(Oc2ccc([N+](=O)[O-])cc2)cc1Br. The third-order valence-corrected chi connectivity index (χ3v) is 3.69. The first kappa shape index (κ1) is 17.0. The minimum absolute atomic E-state index is 0.00307. The quantitative estimate of drug-likeness (QED) is 0.425. The highest BCUT2D eigenvalue weighted by Gasteiger charge is 2.10. The molecule has 0 saturated carbocycles. The highest BCUT2D eigenvalue weighted by Crippen LogP contribution is 2.28. The predicted octanol–water partition coefficient (Wildman–Crippen LogP) is 4.26. The Bertz CT molecular complexity index is 715. The largest absolute Gasteiger partial charge is 0.466 e. The van der Waals surface area contributed by atoms with Crippen LogP contribution >= 0.6 is 15.9 Å². The van der Waals surface area contributed by atoms with Crippen LogP contribution in [0.25, 0.3) is 0 Å². The van der Waals surface area contributed by atoms with Gasteiger partial charge in [0.05, 0.1) is 18.0 Å². The lowest BCUT2D eigenvalue weighted by molar-refractivity contribution is -0.384. The van der Waals surface area contributed by atoms with Crippen LogP contribution in [0, 0.1) is 10.1 Å². The molecule has 2 aromatic rings. The van der Waals surface area contributed by atoms with Crippen LogP contribution in [0.3, 0.4) is 0 Å². The number of hydrogen-bond donors (Lipinski definition) is 0. The predicted molar refractivity (Wildman–Crippen MR) is 87.6 cm³/mol. The average molecular weight is 380 g/mol. The Morgan fingerprint density at radius 2 is 1.83 bits per heavy atom. The van der Waals surface area contributed by atoms with E-state index in [0.29, 0.717) is 18.1 Å². The van der Waals surface area contributed by atoms with E-state index >= 15 is 0 Å². The van der Waals surface area contributed by atoms with E-state index in [1.54, 1.807) is 25.1 Å². The van der Waals surface area contributed by atoms with Gasteiger partial charge >= 0.3 is 5.97 Å². The molecule has 23 heavy (non-hydrogen) atoms. The van der Waals surface area contributed by atoms with Gasteiger partial charge in [-0.15, -0.1) is 0 Å². The fourth-order valence-electron chi connectivity index (χ4n) is 1.87. The van der Waals surface area contributed by atoms with Crippen molar-refractivity contribution < 1.29 is 19.2 Å². The van der Waals surface area contributed by atoms with Gasteiger partial charge in [-0.05, 0) is 36.8 Å². The summed E-state index contributed by atoms with van der Waals surface area (Å²) in [5, 5.41) is 10.6. The summed E-state index contributed by atoms with van der Waals surface area (Å²) in [6.07, 6.45) is 0.173. The minimum Gasteiger partial charge on any atom is -0.466 e. The average Bonchev–Trinajstić information content (AvgIpc) is 2.51. The van der Waals surface area contributed by atoms with E-state index < -0.39 is 4.92 Å². The Morgan fingerprint density at radius 3 is 2.39 bits per heavy atom. The first-order valence-electron chi connectivity index (χ1n) is 6.86. The minimum atomic E-state index is -0.468. The van der Waals surface area contributed by atoms with Gasteiger partial charge in [0.15, 0.2) is 0 Å². The van der Waals surface area contributed by atoms with Crippen molar-refractivity contribution in [2.24, 2.45) is 0 Å². The molecule has 0 heterocycles. The fraction of sp³-hybridized carbons (Fsp3) is 0.188. The molecule has 0 fully saturated rings. The molecule has 0 bridgehead atoms. The molecule has 2 rings (SSSR count). The lowest BCUT2D eigenvalue weighted by Gasteiger charge is -2.09. The summed E-state index contributed by atoms with van der Waals surface area (Å²) in [5.41, 5.74) is 0.794. The first-order chi connectivity index (χ1) is 11.0. The third-order valence-electron chi connectivity index (χ3n) is 2.95. The zero-order chi connectivity index (χ0) is 16.8. The van der Waals surface area contributed by atoms with Crippen molar-refractivity contribution in [3.05, 3.63) is 62.6 Å². The molecule has 0 atom stereocenters. The van der Waals surface area contributed by atoms with Crippen molar-refractivity contribution in [2.45, 2.75) is 13.3 Å². The molecular formula is C16H14BrNO5. The van der Waals surface area contributed by atoms with Crippen molar-refractivity contribution >= 4 is 27.6 Å². The number of rotatable bonds is 6. The van der Waals surface area contributed by atoms with Gasteiger partial charge in [-0.3, -0.25) is 14.9 Å². The molecule has 6 nitrogen and oxygen atoms in total. The molecule has 0 unspecified atom stereocenters. The normalized spacial score (nSPS) is 10.2. The Hall–Kier alpha value is -2.41. The van der Waals surface area contributed by atoms with E-state index in [-0.39, 0.29) is 18.1 Å². The molecule has 0 aliphatic heterocycles. The van der Waals surface area contributed by atoms with Crippen molar-refractivity contribution in [1.29, 1.82) is 0 Å². The summed E-state index contributed by atoms with van der Waals surface area (Å²) in [6.45, 7) is 2.10. The highest BCUT2D eigenvalue weighted by molar-refractivity contribution is 9.10. The molecule has 0 saturated heterocycles. The summed E-state index contributed by atoms with van der Waals surface area (Å²) >= 11 is 3.39. The number of nitro groups is 1. The molecular weight excluding hydrogens is 366 g/mol. The van der Waals surface area contributed by atoms with Crippen LogP contribution in [0.5, 0.6) is 11.5 Å².